The van der Waals surface area contributed by atoms with Gasteiger partial charge < -0.3 is 14.5 Å². The van der Waals surface area contributed by atoms with Gasteiger partial charge in [-0.1, -0.05) is 11.6 Å². The Kier molecular flexibility index (Phi) is 6.62. The zero-order chi connectivity index (χ0) is 20.9. The largest absolute Gasteiger partial charge is 0.497 e. The van der Waals surface area contributed by atoms with Crippen molar-refractivity contribution in [2.24, 2.45) is 0 Å². The third-order valence-corrected chi connectivity index (χ3v) is 6.47. The van der Waals surface area contributed by atoms with Crippen LogP contribution in [0.1, 0.15) is 12.8 Å². The minimum Gasteiger partial charge on any atom is -0.497 e. The predicted molar refractivity (Wildman–Crippen MR) is 124 cm³/mol. The first-order chi connectivity index (χ1) is 14.6. The van der Waals surface area contributed by atoms with E-state index in [1.807, 2.05) is 53.9 Å². The zero-order valence-corrected chi connectivity index (χ0v) is 18.6. The van der Waals surface area contributed by atoms with Gasteiger partial charge in [-0.3, -0.25) is 4.79 Å². The van der Waals surface area contributed by atoms with E-state index < -0.39 is 0 Å². The van der Waals surface area contributed by atoms with Gasteiger partial charge in [0, 0.05) is 33.2 Å². The van der Waals surface area contributed by atoms with Crippen LogP contribution in [-0.2, 0) is 4.79 Å². The van der Waals surface area contributed by atoms with Gasteiger partial charge in [0.25, 0.3) is 0 Å². The van der Waals surface area contributed by atoms with Gasteiger partial charge in [-0.2, -0.15) is 0 Å². The molecule has 0 aliphatic rings. The molecule has 5 nitrogen and oxygen atoms in total. The second kappa shape index (κ2) is 9.55. The van der Waals surface area contributed by atoms with Gasteiger partial charge in [0.1, 0.15) is 17.0 Å². The third-order valence-electron chi connectivity index (χ3n) is 4.36. The fraction of sp³-hybridized carbons (Fsp3) is 0.182. The summed E-state index contributed by atoms with van der Waals surface area (Å²) in [6.07, 6.45) is 1.22. The van der Waals surface area contributed by atoms with Crippen LogP contribution in [0.2, 0.25) is 5.02 Å². The van der Waals surface area contributed by atoms with Crippen molar-refractivity contribution < 1.29 is 13.9 Å². The fourth-order valence-electron chi connectivity index (χ4n) is 2.84. The van der Waals surface area contributed by atoms with Crippen LogP contribution in [0.5, 0.6) is 5.75 Å². The highest BCUT2D eigenvalue weighted by molar-refractivity contribution is 7.99. The molecule has 0 atom stereocenters. The second-order valence-electron chi connectivity index (χ2n) is 6.51. The number of halogens is 1. The smallest absolute Gasteiger partial charge is 0.226 e. The Balaban J connectivity index is 1.29. The highest BCUT2D eigenvalue weighted by Gasteiger charge is 2.12. The number of ether oxygens (including phenoxy) is 1. The molecule has 0 spiro atoms. The number of rotatable bonds is 8. The fourth-order valence-corrected chi connectivity index (χ4v) is 4.54. The maximum atomic E-state index is 12.2. The average molecular weight is 459 g/mol. The summed E-state index contributed by atoms with van der Waals surface area (Å²) in [4.78, 5) is 17.8. The van der Waals surface area contributed by atoms with Crippen LogP contribution in [0, 0.1) is 0 Å². The molecule has 0 unspecified atom stereocenters. The number of carbonyl (C=O) groups is 1. The van der Waals surface area contributed by atoms with Gasteiger partial charge in [-0.05, 0) is 54.6 Å². The Bertz CT molecular complexity index is 1150. The summed E-state index contributed by atoms with van der Waals surface area (Å²) in [5.74, 6) is 2.22. The van der Waals surface area contributed by atoms with Gasteiger partial charge in [-0.15, -0.1) is 23.1 Å². The number of hydrogen-bond acceptors (Lipinski definition) is 6. The van der Waals surface area contributed by atoms with E-state index in [1.165, 1.54) is 11.3 Å². The number of carbonyl (C=O) groups excluding carboxylic acids is 1. The molecule has 30 heavy (non-hydrogen) atoms. The van der Waals surface area contributed by atoms with Gasteiger partial charge in [0.15, 0.2) is 10.9 Å². The highest BCUT2D eigenvalue weighted by Crippen LogP contribution is 2.32. The molecule has 0 saturated carbocycles. The zero-order valence-electron chi connectivity index (χ0n) is 16.2. The lowest BCUT2D eigenvalue weighted by Gasteiger charge is -2.03. The quantitative estimate of drug-likeness (QED) is 0.234. The number of nitrogens with one attached hydrogen (secondary N) is 1. The first kappa shape index (κ1) is 20.8. The molecule has 8 heteroatoms. The minimum atomic E-state index is -0.0399. The minimum absolute atomic E-state index is 0.0399. The Morgan fingerprint density at radius 1 is 1.23 bits per heavy atom. The number of thiazole rings is 1. The molecule has 0 aliphatic carbocycles. The van der Waals surface area contributed by atoms with E-state index in [4.69, 9.17) is 20.8 Å². The highest BCUT2D eigenvalue weighted by atomic mass is 35.5. The molecule has 0 bridgehead atoms. The van der Waals surface area contributed by atoms with Crippen molar-refractivity contribution in [1.29, 1.82) is 0 Å². The second-order valence-corrected chi connectivity index (χ2v) is 8.97. The lowest BCUT2D eigenvalue weighted by molar-refractivity contribution is -0.116. The summed E-state index contributed by atoms with van der Waals surface area (Å²) in [6.45, 7) is 0. The van der Waals surface area contributed by atoms with Gasteiger partial charge >= 0.3 is 0 Å². The molecule has 2 aromatic heterocycles. The van der Waals surface area contributed by atoms with Crippen molar-refractivity contribution in [2.45, 2.75) is 17.7 Å². The SMILES string of the molecule is COc1ccc2cc(-c3csc(NC(=O)CCCSc4ccc(Cl)cc4)n3)oc2c1. The first-order valence-electron chi connectivity index (χ1n) is 9.32. The van der Waals surface area contributed by atoms with Crippen LogP contribution in [0.15, 0.2) is 63.2 Å². The van der Waals surface area contributed by atoms with E-state index in [-0.39, 0.29) is 5.91 Å². The Hall–Kier alpha value is -2.48. The summed E-state index contributed by atoms with van der Waals surface area (Å²) >= 11 is 8.98. The van der Waals surface area contributed by atoms with Crippen LogP contribution in [0.4, 0.5) is 5.13 Å². The van der Waals surface area contributed by atoms with Crippen LogP contribution in [0.25, 0.3) is 22.4 Å². The molecule has 4 aromatic rings. The van der Waals surface area contributed by atoms with Crippen LogP contribution < -0.4 is 10.1 Å². The molecule has 2 heterocycles. The normalized spacial score (nSPS) is 11.0. The summed E-state index contributed by atoms with van der Waals surface area (Å²) < 4.78 is 11.1. The Morgan fingerprint density at radius 2 is 2.07 bits per heavy atom. The van der Waals surface area contributed by atoms with Crippen LogP contribution >= 0.6 is 34.7 Å². The van der Waals surface area contributed by atoms with Crippen molar-refractivity contribution in [3.8, 4) is 17.2 Å². The molecule has 4 rings (SSSR count). The molecule has 154 valence electrons. The van der Waals surface area contributed by atoms with E-state index in [1.54, 1.807) is 18.9 Å². The lowest BCUT2D eigenvalue weighted by atomic mass is 10.2. The summed E-state index contributed by atoms with van der Waals surface area (Å²) in [6, 6.07) is 15.3. The van der Waals surface area contributed by atoms with E-state index >= 15 is 0 Å². The maximum Gasteiger partial charge on any atom is 0.226 e. The molecule has 0 radical (unpaired) electrons. The van der Waals surface area contributed by atoms with Crippen molar-refractivity contribution >= 4 is 56.7 Å². The van der Waals surface area contributed by atoms with Crippen molar-refractivity contribution in [3.05, 3.63) is 58.9 Å². The molecular weight excluding hydrogens is 440 g/mol. The predicted octanol–water partition coefficient (Wildman–Crippen LogP) is 6.73. The number of benzene rings is 2. The van der Waals surface area contributed by atoms with Crippen LogP contribution in [-0.4, -0.2) is 23.8 Å². The number of fused-ring (bicyclic) bond motifs is 1. The maximum absolute atomic E-state index is 12.2. The Labute approximate surface area is 187 Å². The Morgan fingerprint density at radius 3 is 2.87 bits per heavy atom. The van der Waals surface area contributed by atoms with Gasteiger partial charge in [-0.25, -0.2) is 4.98 Å². The number of amides is 1. The molecular formula is C22H19ClN2O3S2. The standard InChI is InChI=1S/C22H19ClN2O3S2/c1-27-16-7-4-14-11-20(28-19(14)12-16)18-13-30-22(24-18)25-21(26)3-2-10-29-17-8-5-15(23)6-9-17/h4-9,11-13H,2-3,10H2,1H3,(H,24,25,26). The van der Waals surface area contributed by atoms with E-state index in [2.05, 4.69) is 10.3 Å². The average Bonchev–Trinajstić information content (AvgIpc) is 3.38. The number of methoxy groups -OCH3 is 1. The van der Waals surface area contributed by atoms with Crippen molar-refractivity contribution in [1.82, 2.24) is 4.98 Å². The number of hydrogen-bond donors (Lipinski definition) is 1. The topological polar surface area (TPSA) is 64.4 Å². The number of anilines is 1. The van der Waals surface area contributed by atoms with E-state index in [0.717, 1.165) is 38.8 Å². The first-order valence-corrected chi connectivity index (χ1v) is 11.6. The number of nitrogens with zero attached hydrogens (tertiary/aromatic N) is 1. The molecule has 1 amide bonds. The lowest BCUT2D eigenvalue weighted by Crippen LogP contribution is -2.11. The molecule has 0 saturated heterocycles. The number of thioether (sulfide) groups is 1. The van der Waals surface area contributed by atoms with Crippen molar-refractivity contribution in [3.63, 3.8) is 0 Å². The molecule has 1 N–H and O–H groups in total. The van der Waals surface area contributed by atoms with Gasteiger partial charge in [0.2, 0.25) is 5.91 Å². The van der Waals surface area contributed by atoms with Crippen molar-refractivity contribution in [2.75, 3.05) is 18.2 Å². The summed E-state index contributed by atoms with van der Waals surface area (Å²) in [5.41, 5.74) is 1.44. The number of furan rings is 1. The monoisotopic (exact) mass is 458 g/mol. The molecule has 0 fully saturated rings. The summed E-state index contributed by atoms with van der Waals surface area (Å²) in [7, 11) is 1.62. The third kappa shape index (κ3) is 5.16. The van der Waals surface area contributed by atoms with E-state index in [9.17, 15) is 4.79 Å². The molecule has 2 aromatic carbocycles. The molecule has 0 aliphatic heterocycles. The number of aromatic nitrogens is 1. The van der Waals surface area contributed by atoms with Gasteiger partial charge in [0.05, 0.1) is 7.11 Å². The summed E-state index contributed by atoms with van der Waals surface area (Å²) in [5, 5.41) is 7.01. The van der Waals surface area contributed by atoms with E-state index in [0.29, 0.717) is 23.0 Å². The van der Waals surface area contributed by atoms with Crippen LogP contribution in [0.3, 0.4) is 0 Å².